The molecule has 1 aliphatic carbocycles. The normalized spacial score (nSPS) is 17.0. The fraction of sp³-hybridized carbons (Fsp3) is 0.348. The van der Waals surface area contributed by atoms with Gasteiger partial charge in [-0.2, -0.15) is 0 Å². The van der Waals surface area contributed by atoms with Crippen LogP contribution in [0.2, 0.25) is 0 Å². The first-order chi connectivity index (χ1) is 14.9. The van der Waals surface area contributed by atoms with Crippen molar-refractivity contribution in [1.82, 2.24) is 4.90 Å². The van der Waals surface area contributed by atoms with Crippen molar-refractivity contribution in [2.45, 2.75) is 25.3 Å². The van der Waals surface area contributed by atoms with Gasteiger partial charge in [-0.15, -0.1) is 0 Å². The number of anilines is 2. The number of carboxylic acid groups (broad SMARTS) is 1. The Kier molecular flexibility index (Phi) is 5.90. The molecule has 162 valence electrons. The predicted octanol–water partition coefficient (Wildman–Crippen LogP) is 2.55. The largest absolute Gasteiger partial charge is 0.478 e. The molecule has 8 heteroatoms. The maximum absolute atomic E-state index is 12.6. The summed E-state index contributed by atoms with van der Waals surface area (Å²) in [6, 6.07) is 12.8. The van der Waals surface area contributed by atoms with Crippen LogP contribution in [0.3, 0.4) is 0 Å². The van der Waals surface area contributed by atoms with Crippen LogP contribution in [0.25, 0.3) is 0 Å². The number of benzene rings is 2. The third-order valence-electron chi connectivity index (χ3n) is 5.71. The van der Waals surface area contributed by atoms with E-state index in [9.17, 15) is 14.4 Å². The zero-order valence-corrected chi connectivity index (χ0v) is 17.2. The van der Waals surface area contributed by atoms with E-state index >= 15 is 0 Å². The number of hydrogen-bond donors (Lipinski definition) is 3. The highest BCUT2D eigenvalue weighted by Gasteiger charge is 2.33. The highest BCUT2D eigenvalue weighted by molar-refractivity contribution is 5.96. The number of carbonyl (C=O) groups excluding carboxylic acids is 2. The number of carboxylic acids is 1. The lowest BCUT2D eigenvalue weighted by Gasteiger charge is -2.19. The minimum Gasteiger partial charge on any atom is -0.478 e. The zero-order chi connectivity index (χ0) is 22.0. The molecule has 1 saturated carbocycles. The summed E-state index contributed by atoms with van der Waals surface area (Å²) in [5, 5.41) is 11.6. The third-order valence-corrected chi connectivity index (χ3v) is 5.71. The van der Waals surface area contributed by atoms with Crippen LogP contribution in [-0.4, -0.2) is 53.6 Å². The molecule has 2 fully saturated rings. The molecule has 4 rings (SSSR count). The molecule has 4 N–H and O–H groups in total. The second-order valence-corrected chi connectivity index (χ2v) is 8.17. The maximum Gasteiger partial charge on any atom is 0.335 e. The Labute approximate surface area is 180 Å². The Balaban J connectivity index is 1.31. The van der Waals surface area contributed by atoms with Gasteiger partial charge in [-0.05, 0) is 67.1 Å². The van der Waals surface area contributed by atoms with Crippen molar-refractivity contribution < 1.29 is 19.5 Å². The Hall–Kier alpha value is -3.39. The van der Waals surface area contributed by atoms with Crippen LogP contribution in [0.4, 0.5) is 16.2 Å². The lowest BCUT2D eigenvalue weighted by Crippen LogP contribution is -2.37. The summed E-state index contributed by atoms with van der Waals surface area (Å²) in [4.78, 5) is 39.6. The molecular formula is C23H26N4O4. The summed E-state index contributed by atoms with van der Waals surface area (Å²) < 4.78 is 0. The zero-order valence-electron chi connectivity index (χ0n) is 17.2. The summed E-state index contributed by atoms with van der Waals surface area (Å²) in [5.41, 5.74) is 8.44. The molecule has 1 atom stereocenters. The number of nitrogens with two attached hydrogens (primary N) is 1. The van der Waals surface area contributed by atoms with Crippen molar-refractivity contribution in [2.24, 2.45) is 11.7 Å². The lowest BCUT2D eigenvalue weighted by atomic mass is 10.1. The molecule has 0 radical (unpaired) electrons. The van der Waals surface area contributed by atoms with Crippen LogP contribution in [0, 0.1) is 5.92 Å². The van der Waals surface area contributed by atoms with E-state index in [-0.39, 0.29) is 17.5 Å². The quantitative estimate of drug-likeness (QED) is 0.605. The first kappa shape index (κ1) is 20.9. The van der Waals surface area contributed by atoms with Crippen LogP contribution < -0.4 is 16.0 Å². The molecule has 0 spiro atoms. The van der Waals surface area contributed by atoms with Crippen LogP contribution in [0.15, 0.2) is 48.5 Å². The first-order valence-electron chi connectivity index (χ1n) is 10.5. The van der Waals surface area contributed by atoms with Gasteiger partial charge in [-0.3, -0.25) is 9.69 Å². The Morgan fingerprint density at radius 1 is 1.06 bits per heavy atom. The van der Waals surface area contributed by atoms with E-state index < -0.39 is 12.0 Å². The Morgan fingerprint density at radius 2 is 1.74 bits per heavy atom. The van der Waals surface area contributed by atoms with Gasteiger partial charge in [0, 0.05) is 31.0 Å². The average molecular weight is 422 g/mol. The highest BCUT2D eigenvalue weighted by Crippen LogP contribution is 2.31. The van der Waals surface area contributed by atoms with Gasteiger partial charge in [0.05, 0.1) is 11.6 Å². The van der Waals surface area contributed by atoms with Crippen LogP contribution in [-0.2, 0) is 11.2 Å². The number of amides is 3. The van der Waals surface area contributed by atoms with E-state index in [1.807, 2.05) is 29.2 Å². The van der Waals surface area contributed by atoms with E-state index in [1.165, 1.54) is 37.1 Å². The van der Waals surface area contributed by atoms with Gasteiger partial charge in [-0.25, -0.2) is 9.59 Å². The van der Waals surface area contributed by atoms with Crippen molar-refractivity contribution in [3.63, 3.8) is 0 Å². The molecule has 0 bridgehead atoms. The molecule has 1 saturated heterocycles. The number of hydrogen-bond acceptors (Lipinski definition) is 4. The number of carbonyl (C=O) groups is 3. The van der Waals surface area contributed by atoms with Gasteiger partial charge in [0.2, 0.25) is 5.91 Å². The van der Waals surface area contributed by atoms with Gasteiger partial charge in [0.1, 0.15) is 0 Å². The number of aromatic carboxylic acids is 1. The summed E-state index contributed by atoms with van der Waals surface area (Å²) in [6.45, 7) is 2.31. The van der Waals surface area contributed by atoms with E-state index in [0.29, 0.717) is 24.6 Å². The fourth-order valence-electron chi connectivity index (χ4n) is 3.69. The van der Waals surface area contributed by atoms with Gasteiger partial charge in [0.15, 0.2) is 0 Å². The Morgan fingerprint density at radius 3 is 2.35 bits per heavy atom. The number of rotatable bonds is 8. The number of nitrogens with zero attached hydrogens (tertiary/aromatic N) is 2. The molecular weight excluding hydrogens is 396 g/mol. The third kappa shape index (κ3) is 5.03. The first-order valence-corrected chi connectivity index (χ1v) is 10.5. The molecule has 1 heterocycles. The van der Waals surface area contributed by atoms with Crippen molar-refractivity contribution in [3.05, 3.63) is 59.7 Å². The highest BCUT2D eigenvalue weighted by atomic mass is 16.4. The molecule has 0 aromatic heterocycles. The van der Waals surface area contributed by atoms with Crippen molar-refractivity contribution in [2.75, 3.05) is 29.9 Å². The van der Waals surface area contributed by atoms with Gasteiger partial charge >= 0.3 is 12.0 Å². The summed E-state index contributed by atoms with van der Waals surface area (Å²) in [7, 11) is 0. The SMILES string of the molecule is N[C@@H](Cc1ccc(N2CCN(CC3CC3)C2=O)cc1)C(=O)Nc1ccc(C(=O)O)cc1. The number of nitrogens with one attached hydrogen (secondary N) is 1. The second kappa shape index (κ2) is 8.77. The van der Waals surface area contributed by atoms with Crippen LogP contribution in [0.1, 0.15) is 28.8 Å². The van der Waals surface area contributed by atoms with Gasteiger partial charge in [0.25, 0.3) is 0 Å². The molecule has 31 heavy (non-hydrogen) atoms. The van der Waals surface area contributed by atoms with E-state index in [4.69, 9.17) is 10.8 Å². The van der Waals surface area contributed by atoms with E-state index in [0.717, 1.165) is 24.3 Å². The maximum atomic E-state index is 12.6. The minimum absolute atomic E-state index is 0.0599. The molecule has 2 aromatic rings. The molecule has 3 amide bonds. The summed E-state index contributed by atoms with van der Waals surface area (Å²) in [6.07, 6.45) is 2.79. The lowest BCUT2D eigenvalue weighted by molar-refractivity contribution is -0.117. The summed E-state index contributed by atoms with van der Waals surface area (Å²) in [5.74, 6) is -0.698. The molecule has 2 aromatic carbocycles. The van der Waals surface area contributed by atoms with Crippen molar-refractivity contribution >= 4 is 29.3 Å². The second-order valence-electron chi connectivity index (χ2n) is 8.17. The smallest absolute Gasteiger partial charge is 0.335 e. The molecule has 1 aliphatic heterocycles. The molecule has 2 aliphatic rings. The van der Waals surface area contributed by atoms with E-state index in [2.05, 4.69) is 5.32 Å². The number of urea groups is 1. The van der Waals surface area contributed by atoms with Crippen LogP contribution in [0.5, 0.6) is 0 Å². The average Bonchev–Trinajstić information content (AvgIpc) is 3.51. The van der Waals surface area contributed by atoms with Crippen molar-refractivity contribution in [3.8, 4) is 0 Å². The fourth-order valence-corrected chi connectivity index (χ4v) is 3.69. The topological polar surface area (TPSA) is 116 Å². The van der Waals surface area contributed by atoms with Crippen LogP contribution >= 0.6 is 0 Å². The minimum atomic E-state index is -1.02. The van der Waals surface area contributed by atoms with Crippen molar-refractivity contribution in [1.29, 1.82) is 0 Å². The predicted molar refractivity (Wildman–Crippen MR) is 117 cm³/mol. The van der Waals surface area contributed by atoms with E-state index in [1.54, 1.807) is 4.90 Å². The standard InChI is InChI=1S/C23H26N4O4/c24-20(21(28)25-18-7-5-17(6-8-18)22(29)30)13-15-3-9-19(10-4-15)27-12-11-26(23(27)31)14-16-1-2-16/h3-10,16,20H,1-2,11-14,24H2,(H,25,28)(H,29,30)/t20-/m0/s1. The Bertz CT molecular complexity index is 970. The van der Waals surface area contributed by atoms with Gasteiger partial charge in [-0.1, -0.05) is 12.1 Å². The molecule has 8 nitrogen and oxygen atoms in total. The van der Waals surface area contributed by atoms with Gasteiger partial charge < -0.3 is 21.1 Å². The molecule has 0 unspecified atom stereocenters. The summed E-state index contributed by atoms with van der Waals surface area (Å²) >= 11 is 0. The monoisotopic (exact) mass is 422 g/mol.